The lowest BCUT2D eigenvalue weighted by molar-refractivity contribution is 0.0400. The van der Waals surface area contributed by atoms with E-state index in [4.69, 9.17) is 9.26 Å². The van der Waals surface area contributed by atoms with Gasteiger partial charge >= 0.3 is 6.09 Å². The average Bonchev–Trinajstić information content (AvgIpc) is 3.31. The maximum absolute atomic E-state index is 12.2. The Morgan fingerprint density at radius 3 is 2.80 bits per heavy atom. The molecule has 2 aromatic rings. The van der Waals surface area contributed by atoms with E-state index in [2.05, 4.69) is 20.7 Å². The molecule has 2 N–H and O–H groups in total. The number of ether oxygens (including phenoxy) is 1. The number of nitrogens with one attached hydrogen (secondary N) is 2. The first-order valence-electron chi connectivity index (χ1n) is 10.3. The molecule has 8 nitrogen and oxygen atoms in total. The van der Waals surface area contributed by atoms with Crippen LogP contribution in [0.3, 0.4) is 0 Å². The largest absolute Gasteiger partial charge is 0.444 e. The minimum Gasteiger partial charge on any atom is -0.444 e. The number of amides is 2. The van der Waals surface area contributed by atoms with E-state index in [-0.39, 0.29) is 18.0 Å². The summed E-state index contributed by atoms with van der Waals surface area (Å²) >= 11 is 1.55. The minimum absolute atomic E-state index is 0.167. The molecule has 0 radical (unpaired) electrons. The molecule has 164 valence electrons. The fourth-order valence-electron chi connectivity index (χ4n) is 3.16. The molecule has 1 aliphatic heterocycles. The fraction of sp³-hybridized carbons (Fsp3) is 0.571. The summed E-state index contributed by atoms with van der Waals surface area (Å²) in [4.78, 5) is 27.1. The lowest BCUT2D eigenvalue weighted by Gasteiger charge is -2.39. The molecule has 2 amide bonds. The van der Waals surface area contributed by atoms with Crippen LogP contribution in [0.15, 0.2) is 28.1 Å². The monoisotopic (exact) mass is 434 g/mol. The Hall–Kier alpha value is -2.39. The zero-order chi connectivity index (χ0) is 21.6. The number of carbonyl (C=O) groups excluding carboxylic acids is 2. The molecule has 0 spiro atoms. The number of hydrogen-bond donors (Lipinski definition) is 2. The third-order valence-corrected chi connectivity index (χ3v) is 5.51. The van der Waals surface area contributed by atoms with Gasteiger partial charge in [0.15, 0.2) is 11.5 Å². The fourth-order valence-corrected chi connectivity index (χ4v) is 3.84. The number of rotatable bonds is 9. The van der Waals surface area contributed by atoms with Gasteiger partial charge in [-0.25, -0.2) is 4.79 Å². The molecule has 0 atom stereocenters. The van der Waals surface area contributed by atoms with E-state index >= 15 is 0 Å². The molecule has 1 aliphatic rings. The maximum Gasteiger partial charge on any atom is 0.407 e. The highest BCUT2D eigenvalue weighted by Gasteiger charge is 2.29. The van der Waals surface area contributed by atoms with Gasteiger partial charge in [0.1, 0.15) is 5.60 Å². The molecule has 0 unspecified atom stereocenters. The highest BCUT2D eigenvalue weighted by Crippen LogP contribution is 2.25. The molecule has 9 heteroatoms. The highest BCUT2D eigenvalue weighted by atomic mass is 32.1. The zero-order valence-electron chi connectivity index (χ0n) is 17.8. The first-order chi connectivity index (χ1) is 14.3. The molecular weight excluding hydrogens is 404 g/mol. The number of thiophene rings is 1. The zero-order valence-corrected chi connectivity index (χ0v) is 18.6. The molecule has 1 saturated heterocycles. The third kappa shape index (κ3) is 6.84. The number of hydrogen-bond acceptors (Lipinski definition) is 7. The first-order valence-corrected chi connectivity index (χ1v) is 11.2. The summed E-state index contributed by atoms with van der Waals surface area (Å²) in [5.41, 5.74) is -0.161. The van der Waals surface area contributed by atoms with Crippen molar-refractivity contribution in [2.24, 2.45) is 0 Å². The smallest absolute Gasteiger partial charge is 0.407 e. The van der Waals surface area contributed by atoms with E-state index in [1.165, 1.54) is 0 Å². The van der Waals surface area contributed by atoms with Gasteiger partial charge in [-0.1, -0.05) is 17.6 Å². The molecule has 0 aliphatic carbocycles. The molecular formula is C21H30N4O4S. The van der Waals surface area contributed by atoms with Crippen LogP contribution in [0.25, 0.3) is 10.6 Å². The van der Waals surface area contributed by atoms with Crippen molar-refractivity contribution in [3.8, 4) is 10.6 Å². The molecule has 0 aromatic carbocycles. The van der Waals surface area contributed by atoms with E-state index in [0.717, 1.165) is 43.8 Å². The standard InChI is InChI=1S/C21H30N4O4S/c1-21(2,3)28-20(27)23-15-13-25(14-15)10-6-4-5-9-22-19(26)16-12-17(29-24-16)18-8-7-11-30-18/h7-8,11-12,15H,4-6,9-10,13-14H2,1-3H3,(H,22,26)(H,23,27). The Morgan fingerprint density at radius 1 is 1.30 bits per heavy atom. The Balaban J connectivity index is 1.21. The first kappa shape index (κ1) is 22.3. The van der Waals surface area contributed by atoms with Crippen molar-refractivity contribution in [1.82, 2.24) is 20.7 Å². The Morgan fingerprint density at radius 2 is 2.10 bits per heavy atom. The van der Waals surface area contributed by atoms with Crippen LogP contribution in [0.1, 0.15) is 50.5 Å². The Bertz CT molecular complexity index is 822. The third-order valence-electron chi connectivity index (χ3n) is 4.62. The summed E-state index contributed by atoms with van der Waals surface area (Å²) in [7, 11) is 0. The summed E-state index contributed by atoms with van der Waals surface area (Å²) in [6.45, 7) is 8.89. The molecule has 3 heterocycles. The molecule has 3 rings (SSSR count). The molecule has 0 bridgehead atoms. The number of unbranched alkanes of at least 4 members (excludes halogenated alkanes) is 2. The molecule has 2 aromatic heterocycles. The average molecular weight is 435 g/mol. The van der Waals surface area contributed by atoms with Crippen molar-refractivity contribution in [1.29, 1.82) is 0 Å². The van der Waals surface area contributed by atoms with Gasteiger partial charge in [-0.2, -0.15) is 0 Å². The SMILES string of the molecule is CC(C)(C)OC(=O)NC1CN(CCCCCNC(=O)c2cc(-c3cccs3)on2)C1. The van der Waals surface area contributed by atoms with Crippen LogP contribution in [0.2, 0.25) is 0 Å². The highest BCUT2D eigenvalue weighted by molar-refractivity contribution is 7.13. The predicted molar refractivity (Wildman–Crippen MR) is 116 cm³/mol. The number of nitrogens with zero attached hydrogens (tertiary/aromatic N) is 2. The van der Waals surface area contributed by atoms with Crippen LogP contribution in [0.5, 0.6) is 0 Å². The topological polar surface area (TPSA) is 96.7 Å². The van der Waals surface area contributed by atoms with Gasteiger partial charge in [0.2, 0.25) is 0 Å². The van der Waals surface area contributed by atoms with Crippen LogP contribution in [0, 0.1) is 0 Å². The van der Waals surface area contributed by atoms with Gasteiger partial charge in [-0.05, 0) is 51.6 Å². The van der Waals surface area contributed by atoms with E-state index < -0.39 is 5.60 Å². The van der Waals surface area contributed by atoms with Crippen molar-refractivity contribution in [3.05, 3.63) is 29.3 Å². The van der Waals surface area contributed by atoms with Crippen LogP contribution < -0.4 is 10.6 Å². The summed E-state index contributed by atoms with van der Waals surface area (Å²) < 4.78 is 10.5. The minimum atomic E-state index is -0.469. The second-order valence-electron chi connectivity index (χ2n) is 8.47. The van der Waals surface area contributed by atoms with Gasteiger partial charge in [-0.3, -0.25) is 9.69 Å². The summed E-state index contributed by atoms with van der Waals surface area (Å²) in [5.74, 6) is 0.407. The quantitative estimate of drug-likeness (QED) is 0.586. The number of likely N-dealkylation sites (tertiary alicyclic amines) is 1. The summed E-state index contributed by atoms with van der Waals surface area (Å²) in [6, 6.07) is 5.70. The second-order valence-corrected chi connectivity index (χ2v) is 9.42. The Kier molecular flexibility index (Phi) is 7.49. The lowest BCUT2D eigenvalue weighted by atomic mass is 10.1. The van der Waals surface area contributed by atoms with Crippen LogP contribution in [-0.2, 0) is 4.74 Å². The van der Waals surface area contributed by atoms with Gasteiger partial charge in [-0.15, -0.1) is 11.3 Å². The van der Waals surface area contributed by atoms with Crippen molar-refractivity contribution in [3.63, 3.8) is 0 Å². The van der Waals surface area contributed by atoms with Gasteiger partial charge in [0.05, 0.1) is 10.9 Å². The van der Waals surface area contributed by atoms with E-state index in [0.29, 0.717) is 18.0 Å². The van der Waals surface area contributed by atoms with E-state index in [9.17, 15) is 9.59 Å². The second kappa shape index (κ2) is 10.1. The van der Waals surface area contributed by atoms with Gasteiger partial charge in [0.25, 0.3) is 5.91 Å². The molecule has 1 fully saturated rings. The summed E-state index contributed by atoms with van der Waals surface area (Å²) in [5, 5.41) is 11.6. The van der Waals surface area contributed by atoms with E-state index in [1.807, 2.05) is 38.3 Å². The van der Waals surface area contributed by atoms with Crippen molar-refractivity contribution in [2.75, 3.05) is 26.2 Å². The lowest BCUT2D eigenvalue weighted by Crippen LogP contribution is -2.59. The molecule has 30 heavy (non-hydrogen) atoms. The van der Waals surface area contributed by atoms with Crippen molar-refractivity contribution >= 4 is 23.3 Å². The summed E-state index contributed by atoms with van der Waals surface area (Å²) in [6.07, 6.45) is 2.65. The predicted octanol–water partition coefficient (Wildman–Crippen LogP) is 3.51. The number of aromatic nitrogens is 1. The van der Waals surface area contributed by atoms with Crippen LogP contribution >= 0.6 is 11.3 Å². The maximum atomic E-state index is 12.2. The van der Waals surface area contributed by atoms with Crippen molar-refractivity contribution < 1.29 is 18.8 Å². The van der Waals surface area contributed by atoms with Gasteiger partial charge in [0, 0.05) is 25.7 Å². The van der Waals surface area contributed by atoms with Crippen LogP contribution in [0.4, 0.5) is 4.79 Å². The van der Waals surface area contributed by atoms with Gasteiger partial charge < -0.3 is 19.9 Å². The molecule has 0 saturated carbocycles. The normalized spacial score (nSPS) is 14.9. The Labute approximate surface area is 180 Å². The van der Waals surface area contributed by atoms with Crippen LogP contribution in [-0.4, -0.2) is 59.9 Å². The number of alkyl carbamates (subject to hydrolysis) is 1. The van der Waals surface area contributed by atoms with Crippen molar-refractivity contribution in [2.45, 2.75) is 51.7 Å². The van der Waals surface area contributed by atoms with E-state index in [1.54, 1.807) is 17.4 Å². The number of carbonyl (C=O) groups is 2.